The van der Waals surface area contributed by atoms with Crippen molar-refractivity contribution in [2.45, 2.75) is 240 Å². The van der Waals surface area contributed by atoms with Crippen LogP contribution >= 0.6 is 70.6 Å². The molecular weight excluding hydrogens is 1600 g/mol. The first-order valence-electron chi connectivity index (χ1n) is 41.0. The van der Waals surface area contributed by atoms with Gasteiger partial charge in [-0.15, -0.1) is 23.5 Å². The number of ether oxygens (including phenoxy) is 4. The highest BCUT2D eigenvalue weighted by Gasteiger charge is 2.37. The van der Waals surface area contributed by atoms with E-state index in [1.807, 2.05) is 183 Å². The van der Waals surface area contributed by atoms with E-state index in [9.17, 15) is 52.7 Å². The van der Waals surface area contributed by atoms with Gasteiger partial charge in [-0.3, -0.25) is 57.6 Å². The molecule has 0 saturated carbocycles. The summed E-state index contributed by atoms with van der Waals surface area (Å²) in [5.74, 6) is 6.37. The number of methoxy groups -OCH3 is 3. The lowest BCUT2D eigenvalue weighted by Crippen LogP contribution is -2.48. The maximum atomic E-state index is 12.6. The van der Waals surface area contributed by atoms with Crippen LogP contribution in [0.25, 0.3) is 0 Å². The van der Waals surface area contributed by atoms with Crippen molar-refractivity contribution in [1.82, 2.24) is 34.3 Å². The number of nitrogens with zero attached hydrogens (tertiary/aromatic N) is 7. The molecule has 0 radical (unpaired) electrons. The van der Waals surface area contributed by atoms with Crippen LogP contribution in [0.5, 0.6) is 0 Å². The Morgan fingerprint density at radius 1 is 0.388 bits per heavy atom. The Morgan fingerprint density at radius 3 is 0.931 bits per heavy atom. The van der Waals surface area contributed by atoms with Crippen LogP contribution in [0.4, 0.5) is 0 Å². The van der Waals surface area contributed by atoms with Crippen molar-refractivity contribution in [1.29, 1.82) is 0 Å². The molecule has 32 heteroatoms. The molecule has 8 atom stereocenters. The molecule has 0 aliphatic carbocycles. The molecule has 26 nitrogen and oxygen atoms in total. The van der Waals surface area contributed by atoms with Crippen LogP contribution in [-0.4, -0.2) is 323 Å². The highest BCUT2D eigenvalue weighted by Crippen LogP contribution is 2.33. The van der Waals surface area contributed by atoms with E-state index in [2.05, 4.69) is 55.9 Å². The van der Waals surface area contributed by atoms with Crippen molar-refractivity contribution < 1.29 is 81.9 Å². The molecule has 1 saturated heterocycles. The first-order valence-corrected chi connectivity index (χ1v) is 47.8. The Labute approximate surface area is 729 Å². The third-order valence-corrected chi connectivity index (χ3v) is 27.4. The van der Waals surface area contributed by atoms with Gasteiger partial charge < -0.3 is 70.0 Å². The Bertz CT molecular complexity index is 2760. The number of carboxylic acids is 2. The lowest BCUT2D eigenvalue weighted by atomic mass is 9.96. The number of aliphatic carboxylic acids is 2. The highest BCUT2D eigenvalue weighted by molar-refractivity contribution is 8.01. The number of carbonyl (C=O) groups is 11. The van der Waals surface area contributed by atoms with E-state index in [1.165, 1.54) is 56.6 Å². The average Bonchev–Trinajstić information content (AvgIpc) is 0.841. The van der Waals surface area contributed by atoms with Crippen molar-refractivity contribution in [2.75, 3.05) is 160 Å². The summed E-state index contributed by atoms with van der Waals surface area (Å²) in [4.78, 5) is 142. The topological polar surface area (TPSA) is 340 Å². The lowest BCUT2D eigenvalue weighted by Gasteiger charge is -2.33. The van der Waals surface area contributed by atoms with Crippen molar-refractivity contribution in [3.63, 3.8) is 0 Å². The first kappa shape index (κ1) is 121. The molecule has 684 valence electrons. The zero-order valence-electron chi connectivity index (χ0n) is 78.3. The minimum Gasteiger partial charge on any atom is -0.481 e. The summed E-state index contributed by atoms with van der Waals surface area (Å²) in [6.45, 7) is 57.4. The quantitative estimate of drug-likeness (QED) is 0.0250. The Kier molecular flexibility index (Phi) is 68.4. The van der Waals surface area contributed by atoms with E-state index in [1.54, 1.807) is 62.1 Å². The number of amides is 6. The minimum atomic E-state index is -1.00. The number of rotatable bonds is 46. The number of nitrogens with two attached hydrogens (primary N) is 2. The average molecular weight is 1770 g/mol. The molecule has 1 rings (SSSR count). The van der Waals surface area contributed by atoms with Gasteiger partial charge in [-0.05, 0) is 132 Å². The fourth-order valence-electron chi connectivity index (χ4n) is 9.89. The molecule has 1 heterocycles. The maximum Gasteiger partial charge on any atom is 0.324 e. The molecule has 0 bridgehead atoms. The van der Waals surface area contributed by atoms with Gasteiger partial charge in [0.2, 0.25) is 35.4 Å². The maximum absolute atomic E-state index is 12.6. The molecule has 0 aromatic carbocycles. The molecule has 0 aromatic rings. The molecule has 6 amide bonds. The van der Waals surface area contributed by atoms with E-state index in [0.717, 1.165) is 50.1 Å². The summed E-state index contributed by atoms with van der Waals surface area (Å²) < 4.78 is 18.8. The highest BCUT2D eigenvalue weighted by atomic mass is 32.2. The third-order valence-electron chi connectivity index (χ3n) is 20.4. The fourth-order valence-corrected chi connectivity index (χ4v) is 17.5. The lowest BCUT2D eigenvalue weighted by molar-refractivity contribution is -0.143. The number of esters is 3. The number of hydrogen-bond donors (Lipinski definition) is 4. The van der Waals surface area contributed by atoms with Crippen LogP contribution in [0.3, 0.4) is 0 Å². The second-order valence-electron chi connectivity index (χ2n) is 33.7. The van der Waals surface area contributed by atoms with Crippen LogP contribution < -0.4 is 11.5 Å². The second-order valence-corrected chi connectivity index (χ2v) is 40.8. The van der Waals surface area contributed by atoms with Gasteiger partial charge in [0.05, 0.1) is 52.5 Å². The molecule has 1 fully saturated rings. The summed E-state index contributed by atoms with van der Waals surface area (Å²) in [6, 6.07) is -0.378. The number of carbonyl (C=O) groups excluding carboxylic acids is 9. The van der Waals surface area contributed by atoms with Crippen LogP contribution in [0.2, 0.25) is 0 Å². The molecule has 6 N–H and O–H groups in total. The Morgan fingerprint density at radius 2 is 0.664 bits per heavy atom. The van der Waals surface area contributed by atoms with Crippen molar-refractivity contribution in [2.24, 2.45) is 82.5 Å². The van der Waals surface area contributed by atoms with E-state index >= 15 is 0 Å². The standard InChI is InChI=1S/C16H32N2O3S.C16H32N2O2S.C14H27NO3S.C13H26N2O3S.C13H25NO3S.C12H23NO3S/c1-10(2)12(14(19)18(7)11(3)4)9-22-16(5,6)13(17)15(20)21-8;1-13(2)15(16(19)17(5)14(3)4)12-21-11-8-18-6-9-20-10-7-18;1-10(2)12(14(17)15(5)11(3)4)9-19-8-7-13(16)18-6;1-8(2)10(12(16)15(5)9(3)4)6-19-7-11(14)13(17)18;1-9(2)11(7-18-8-12(15)17-6)13(16)14(5)10(3)4;1-8(2)10(6-17-7-11(14)15)12(16)13(5)9(3)4/h10-13H,9,17H2,1-8H3;13-15H,6-12H2,1-5H3;10-12H,7-9H2,1-6H3;8-11H,6-7,14H2,1-5H3,(H,17,18);9-11H,7-8H2,1-6H3;8-10H,6-7H2,1-5H3,(H,14,15)/t12-,13?;15-;12-;10-,11?;11-;10-/m000000/s1. The van der Waals surface area contributed by atoms with Gasteiger partial charge in [-0.2, -0.15) is 47.0 Å². The first-order chi connectivity index (χ1) is 53.4. The summed E-state index contributed by atoms with van der Waals surface area (Å²) in [5, 5.41) is 17.3. The largest absolute Gasteiger partial charge is 0.481 e. The van der Waals surface area contributed by atoms with Crippen LogP contribution in [0, 0.1) is 71.0 Å². The van der Waals surface area contributed by atoms with Gasteiger partial charge in [0.1, 0.15) is 12.1 Å². The molecule has 0 aromatic heterocycles. The number of morpholine rings is 1. The van der Waals surface area contributed by atoms with E-state index < -0.39 is 34.7 Å². The monoisotopic (exact) mass is 1760 g/mol. The zero-order valence-corrected chi connectivity index (χ0v) is 83.2. The van der Waals surface area contributed by atoms with Crippen molar-refractivity contribution in [3.8, 4) is 0 Å². The summed E-state index contributed by atoms with van der Waals surface area (Å²) in [7, 11) is 15.1. The van der Waals surface area contributed by atoms with Gasteiger partial charge in [-0.1, -0.05) is 83.1 Å². The van der Waals surface area contributed by atoms with Gasteiger partial charge in [0.15, 0.2) is 0 Å². The number of hydrogen-bond acceptors (Lipinski definition) is 24. The molecule has 1 aliphatic rings. The zero-order chi connectivity index (χ0) is 91.5. The van der Waals surface area contributed by atoms with E-state index in [0.29, 0.717) is 64.4 Å². The third kappa shape index (κ3) is 52.4. The van der Waals surface area contributed by atoms with Crippen LogP contribution in [0.15, 0.2) is 0 Å². The molecular formula is C84H165N9O17S6. The predicted octanol–water partition coefficient (Wildman–Crippen LogP) is 12.0. The Hall–Kier alpha value is -3.89. The van der Waals surface area contributed by atoms with Gasteiger partial charge in [0, 0.05) is 190 Å². The van der Waals surface area contributed by atoms with Gasteiger partial charge in [0.25, 0.3) is 0 Å². The van der Waals surface area contributed by atoms with Crippen LogP contribution in [-0.2, 0) is 71.7 Å². The van der Waals surface area contributed by atoms with Crippen molar-refractivity contribution in [3.05, 3.63) is 0 Å². The number of thioether (sulfide) groups is 6. The molecule has 2 unspecified atom stereocenters. The van der Waals surface area contributed by atoms with Gasteiger partial charge >= 0.3 is 29.8 Å². The summed E-state index contributed by atoms with van der Waals surface area (Å²) in [6.07, 6.45) is 0.403. The predicted molar refractivity (Wildman–Crippen MR) is 490 cm³/mol. The smallest absolute Gasteiger partial charge is 0.324 e. The molecule has 1 aliphatic heterocycles. The normalized spacial score (nSPS) is 14.4. The van der Waals surface area contributed by atoms with Crippen LogP contribution in [0.1, 0.15) is 186 Å². The SMILES string of the molecule is CC(C)[C@H](CSCC(=O)O)C(=O)N(C)C(C)C.CC(C)[C@H](CSCC(N)C(=O)O)C(=O)N(C)C(C)C.CC(C)[C@H](CSCCN1CCOCC1)C(=O)N(C)C(C)C.COC(=O)C(N)C(C)(C)SC[C@H](C(=O)N(C)C(C)C)C(C)C.COC(=O)CCSC[C@H](C(=O)N(C)C(C)C)C(C)C.COC(=O)CSC[C@H](C(=O)N(C)C(C)C)C(C)C. The molecule has 0 spiro atoms. The summed E-state index contributed by atoms with van der Waals surface area (Å²) in [5.41, 5.74) is 11.4. The molecule has 116 heavy (non-hydrogen) atoms. The van der Waals surface area contributed by atoms with E-state index in [4.69, 9.17) is 31.2 Å². The Balaban J connectivity index is -0.000000426. The van der Waals surface area contributed by atoms with E-state index in [-0.39, 0.29) is 143 Å². The summed E-state index contributed by atoms with van der Waals surface area (Å²) >= 11 is 9.30. The van der Waals surface area contributed by atoms with Gasteiger partial charge in [-0.25, -0.2) is 0 Å². The fraction of sp³-hybridized carbons (Fsp3) is 0.869. The second kappa shape index (κ2) is 65.8. The minimum absolute atomic E-state index is 0.00930. The number of carboxylic acid groups (broad SMARTS) is 2. The van der Waals surface area contributed by atoms with Crippen molar-refractivity contribution >= 4 is 136 Å².